The number of fused-ring (bicyclic) bond motifs is 10. The minimum atomic E-state index is 0.926. The monoisotopic (exact) mass is 533 g/mol. The fourth-order valence-corrected chi connectivity index (χ4v) is 7.40. The number of hydrogen-bond acceptors (Lipinski definition) is 1. The Hall–Kier alpha value is -5.60. The van der Waals surface area contributed by atoms with Crippen molar-refractivity contribution >= 4 is 54.5 Å². The number of rotatable bonds is 2. The maximum Gasteiger partial charge on any atom is 0.136 e. The second kappa shape index (κ2) is 7.99. The Balaban J connectivity index is 1.18. The molecule has 0 spiro atoms. The van der Waals surface area contributed by atoms with Gasteiger partial charge in [0.05, 0.1) is 11.0 Å². The molecule has 1 aliphatic rings. The molecule has 2 aromatic heterocycles. The molecule has 0 saturated carbocycles. The van der Waals surface area contributed by atoms with Gasteiger partial charge < -0.3 is 8.98 Å². The van der Waals surface area contributed by atoms with Crippen molar-refractivity contribution in [3.8, 4) is 39.1 Å². The molecule has 7 aromatic carbocycles. The number of para-hydroxylation sites is 2. The average molecular weight is 534 g/mol. The lowest BCUT2D eigenvalue weighted by atomic mass is 9.94. The van der Waals surface area contributed by atoms with E-state index in [1.54, 1.807) is 0 Å². The molecule has 42 heavy (non-hydrogen) atoms. The summed E-state index contributed by atoms with van der Waals surface area (Å²) < 4.78 is 8.65. The summed E-state index contributed by atoms with van der Waals surface area (Å²) in [7, 11) is 0. The fourth-order valence-electron chi connectivity index (χ4n) is 7.40. The number of nitrogens with zero attached hydrogens (tertiary/aromatic N) is 1. The molecule has 0 bridgehead atoms. The van der Waals surface area contributed by atoms with Gasteiger partial charge in [0, 0.05) is 27.2 Å². The molecule has 10 rings (SSSR count). The first kappa shape index (κ1) is 22.1. The highest BCUT2D eigenvalue weighted by Crippen LogP contribution is 2.49. The molecular weight excluding hydrogens is 510 g/mol. The number of aromatic nitrogens is 1. The van der Waals surface area contributed by atoms with E-state index in [-0.39, 0.29) is 0 Å². The van der Waals surface area contributed by atoms with E-state index in [0.717, 1.165) is 22.2 Å². The highest BCUT2D eigenvalue weighted by Gasteiger charge is 2.22. The van der Waals surface area contributed by atoms with E-state index in [2.05, 4.69) is 138 Å². The summed E-state index contributed by atoms with van der Waals surface area (Å²) >= 11 is 0. The molecule has 2 nitrogen and oxygen atoms in total. The molecule has 0 radical (unpaired) electrons. The molecule has 9 aromatic rings. The SMILES string of the molecule is c1ccc2c(c1)-c1cccc3c(-c4ccc(-n5c6ccccc6c6c7c(ccc65)oc5ccccc57)cc4)ccc-2c13. The third kappa shape index (κ3) is 2.78. The maximum absolute atomic E-state index is 6.26. The van der Waals surface area contributed by atoms with Gasteiger partial charge in [-0.05, 0) is 80.6 Å². The Morgan fingerprint density at radius 1 is 0.357 bits per heavy atom. The predicted molar refractivity (Wildman–Crippen MR) is 175 cm³/mol. The van der Waals surface area contributed by atoms with Crippen LogP contribution < -0.4 is 0 Å². The molecule has 1 aliphatic carbocycles. The van der Waals surface area contributed by atoms with Crippen LogP contribution in [0.25, 0.3) is 93.6 Å². The highest BCUT2D eigenvalue weighted by atomic mass is 16.3. The molecule has 0 N–H and O–H groups in total. The number of furan rings is 1. The number of benzene rings is 7. The van der Waals surface area contributed by atoms with Gasteiger partial charge in [-0.2, -0.15) is 0 Å². The summed E-state index contributed by atoms with van der Waals surface area (Å²) in [4.78, 5) is 0. The zero-order valence-corrected chi connectivity index (χ0v) is 22.6. The standard InChI is InChI=1S/C40H23NO/c1-2-9-28-27(8-1)30-13-7-12-29-26(20-21-31(28)38(29)30)24-16-18-25(19-17-24)41-34-14-5-3-10-32(34)39-35(41)22-23-37-40(39)33-11-4-6-15-36(33)42-37/h1-23H. The highest BCUT2D eigenvalue weighted by molar-refractivity contribution is 6.27. The summed E-state index contributed by atoms with van der Waals surface area (Å²) in [6, 6.07) is 50.5. The minimum absolute atomic E-state index is 0.926. The van der Waals surface area contributed by atoms with Crippen molar-refractivity contribution in [1.82, 2.24) is 4.57 Å². The van der Waals surface area contributed by atoms with E-state index in [1.165, 1.54) is 71.3 Å². The molecule has 0 unspecified atom stereocenters. The Labute approximate surface area is 241 Å². The van der Waals surface area contributed by atoms with Gasteiger partial charge in [-0.15, -0.1) is 0 Å². The topological polar surface area (TPSA) is 18.1 Å². The smallest absolute Gasteiger partial charge is 0.136 e. The lowest BCUT2D eigenvalue weighted by Gasteiger charge is -2.12. The van der Waals surface area contributed by atoms with Crippen LogP contribution in [0.5, 0.6) is 0 Å². The van der Waals surface area contributed by atoms with Gasteiger partial charge in [-0.1, -0.05) is 103 Å². The van der Waals surface area contributed by atoms with Gasteiger partial charge in [0.15, 0.2) is 0 Å². The molecule has 0 aliphatic heterocycles. The zero-order chi connectivity index (χ0) is 27.4. The van der Waals surface area contributed by atoms with Crippen molar-refractivity contribution in [2.75, 3.05) is 0 Å². The quantitative estimate of drug-likeness (QED) is 0.216. The van der Waals surface area contributed by atoms with E-state index in [0.29, 0.717) is 0 Å². The number of hydrogen-bond donors (Lipinski definition) is 0. The van der Waals surface area contributed by atoms with Crippen molar-refractivity contribution in [2.45, 2.75) is 0 Å². The van der Waals surface area contributed by atoms with Gasteiger partial charge in [-0.25, -0.2) is 0 Å². The molecule has 0 amide bonds. The first-order valence-corrected chi connectivity index (χ1v) is 14.4. The van der Waals surface area contributed by atoms with Gasteiger partial charge in [-0.3, -0.25) is 0 Å². The Bertz CT molecular complexity index is 2530. The molecule has 2 heteroatoms. The fraction of sp³-hybridized carbons (Fsp3) is 0. The first-order chi connectivity index (χ1) is 20.8. The van der Waals surface area contributed by atoms with Crippen LogP contribution in [-0.4, -0.2) is 4.57 Å². The average Bonchev–Trinajstić information content (AvgIpc) is 3.70. The molecule has 0 fully saturated rings. The zero-order valence-electron chi connectivity index (χ0n) is 22.6. The minimum Gasteiger partial charge on any atom is -0.456 e. The van der Waals surface area contributed by atoms with Crippen LogP contribution in [-0.2, 0) is 0 Å². The third-order valence-electron chi connectivity index (χ3n) is 9.16. The van der Waals surface area contributed by atoms with Crippen molar-refractivity contribution in [3.63, 3.8) is 0 Å². The molecular formula is C40H23NO. The molecule has 0 saturated heterocycles. The van der Waals surface area contributed by atoms with Crippen molar-refractivity contribution in [3.05, 3.63) is 140 Å². The summed E-state index contributed by atoms with van der Waals surface area (Å²) in [5, 5.41) is 7.48. The molecule has 2 heterocycles. The Kier molecular flexibility index (Phi) is 4.21. The third-order valence-corrected chi connectivity index (χ3v) is 9.16. The Morgan fingerprint density at radius 2 is 1.02 bits per heavy atom. The molecule has 0 atom stereocenters. The second-order valence-corrected chi connectivity index (χ2v) is 11.3. The van der Waals surface area contributed by atoms with E-state index >= 15 is 0 Å². The van der Waals surface area contributed by atoms with E-state index in [9.17, 15) is 0 Å². The molecule has 194 valence electrons. The Morgan fingerprint density at radius 3 is 1.88 bits per heavy atom. The maximum atomic E-state index is 6.26. The lowest BCUT2D eigenvalue weighted by molar-refractivity contribution is 0.669. The normalized spacial score (nSPS) is 12.3. The first-order valence-electron chi connectivity index (χ1n) is 14.4. The van der Waals surface area contributed by atoms with E-state index < -0.39 is 0 Å². The van der Waals surface area contributed by atoms with E-state index in [4.69, 9.17) is 4.42 Å². The van der Waals surface area contributed by atoms with Crippen molar-refractivity contribution in [2.24, 2.45) is 0 Å². The second-order valence-electron chi connectivity index (χ2n) is 11.3. The van der Waals surface area contributed by atoms with Crippen LogP contribution >= 0.6 is 0 Å². The van der Waals surface area contributed by atoms with Crippen LogP contribution in [0.4, 0.5) is 0 Å². The summed E-state index contributed by atoms with van der Waals surface area (Å²) in [6.07, 6.45) is 0. The lowest BCUT2D eigenvalue weighted by Crippen LogP contribution is -1.93. The van der Waals surface area contributed by atoms with Gasteiger partial charge in [0.2, 0.25) is 0 Å². The summed E-state index contributed by atoms with van der Waals surface area (Å²) in [5.74, 6) is 0. The van der Waals surface area contributed by atoms with Crippen LogP contribution in [0.3, 0.4) is 0 Å². The van der Waals surface area contributed by atoms with Gasteiger partial charge in [0.25, 0.3) is 0 Å². The largest absolute Gasteiger partial charge is 0.456 e. The summed E-state index contributed by atoms with van der Waals surface area (Å²) in [6.45, 7) is 0. The van der Waals surface area contributed by atoms with E-state index in [1.807, 2.05) is 6.07 Å². The van der Waals surface area contributed by atoms with Gasteiger partial charge >= 0.3 is 0 Å². The van der Waals surface area contributed by atoms with Gasteiger partial charge in [0.1, 0.15) is 11.2 Å². The predicted octanol–water partition coefficient (Wildman–Crippen LogP) is 11.2. The summed E-state index contributed by atoms with van der Waals surface area (Å²) in [5.41, 5.74) is 13.2. The van der Waals surface area contributed by atoms with Crippen LogP contribution in [0.15, 0.2) is 144 Å². The van der Waals surface area contributed by atoms with Crippen LogP contribution in [0.2, 0.25) is 0 Å². The van der Waals surface area contributed by atoms with Crippen molar-refractivity contribution < 1.29 is 4.42 Å². The van der Waals surface area contributed by atoms with Crippen molar-refractivity contribution in [1.29, 1.82) is 0 Å². The van der Waals surface area contributed by atoms with Crippen LogP contribution in [0.1, 0.15) is 0 Å². The van der Waals surface area contributed by atoms with Crippen LogP contribution in [0, 0.1) is 0 Å².